The lowest BCUT2D eigenvalue weighted by atomic mass is 9.98. The number of hydrogen-bond acceptors (Lipinski definition) is 5. The zero-order valence-electron chi connectivity index (χ0n) is 15.8. The van der Waals surface area contributed by atoms with Gasteiger partial charge in [-0.15, -0.1) is 0 Å². The highest BCUT2D eigenvalue weighted by atomic mass is 16.5. The second-order valence-electron chi connectivity index (χ2n) is 6.97. The quantitative estimate of drug-likeness (QED) is 0.752. The van der Waals surface area contributed by atoms with Crippen molar-refractivity contribution in [2.24, 2.45) is 0 Å². The number of benzene rings is 1. The summed E-state index contributed by atoms with van der Waals surface area (Å²) in [6.45, 7) is 4.75. The van der Waals surface area contributed by atoms with Crippen LogP contribution in [-0.4, -0.2) is 28.4 Å². The van der Waals surface area contributed by atoms with Gasteiger partial charge in [-0.3, -0.25) is 9.59 Å². The van der Waals surface area contributed by atoms with Crippen LogP contribution in [0.3, 0.4) is 0 Å². The number of nitrogens with one attached hydrogen (secondary N) is 1. The minimum atomic E-state index is -0.131. The molecular formula is C21H21N3O4. The van der Waals surface area contributed by atoms with Crippen LogP contribution in [0, 0.1) is 13.8 Å². The van der Waals surface area contributed by atoms with E-state index >= 15 is 0 Å². The lowest BCUT2D eigenvalue weighted by Gasteiger charge is -2.28. The Labute approximate surface area is 162 Å². The molecule has 3 heterocycles. The van der Waals surface area contributed by atoms with Crippen LogP contribution in [0.1, 0.15) is 38.7 Å². The Balaban J connectivity index is 1.46. The molecule has 0 atom stereocenters. The van der Waals surface area contributed by atoms with Crippen molar-refractivity contribution in [3.63, 3.8) is 0 Å². The molecule has 1 N–H and O–H groups in total. The number of amides is 2. The third-order valence-corrected chi connectivity index (χ3v) is 5.04. The van der Waals surface area contributed by atoms with E-state index in [0.29, 0.717) is 30.3 Å². The van der Waals surface area contributed by atoms with Gasteiger partial charge in [0.25, 0.3) is 5.91 Å². The monoisotopic (exact) mass is 379 g/mol. The molecule has 144 valence electrons. The fraction of sp³-hybridized carbons (Fsp3) is 0.286. The first-order chi connectivity index (χ1) is 13.5. The molecule has 4 rings (SSSR count). The number of aromatic nitrogens is 1. The minimum Gasteiger partial charge on any atom is -0.459 e. The molecule has 1 aromatic carbocycles. The molecule has 0 fully saturated rings. The predicted octanol–water partition coefficient (Wildman–Crippen LogP) is 3.26. The van der Waals surface area contributed by atoms with Gasteiger partial charge >= 0.3 is 0 Å². The van der Waals surface area contributed by atoms with Crippen molar-refractivity contribution in [1.82, 2.24) is 10.1 Å². The van der Waals surface area contributed by atoms with Crippen LogP contribution in [-0.2, 0) is 24.2 Å². The van der Waals surface area contributed by atoms with Gasteiger partial charge in [0, 0.05) is 24.3 Å². The zero-order chi connectivity index (χ0) is 19.7. The highest BCUT2D eigenvalue weighted by Gasteiger charge is 2.24. The first kappa shape index (κ1) is 18.0. The van der Waals surface area contributed by atoms with Crippen LogP contribution >= 0.6 is 0 Å². The van der Waals surface area contributed by atoms with Gasteiger partial charge in [-0.1, -0.05) is 11.2 Å². The van der Waals surface area contributed by atoms with E-state index in [0.717, 1.165) is 23.2 Å². The molecule has 0 aliphatic carbocycles. The highest BCUT2D eigenvalue weighted by Crippen LogP contribution is 2.24. The van der Waals surface area contributed by atoms with Gasteiger partial charge in [-0.05, 0) is 55.7 Å². The molecule has 28 heavy (non-hydrogen) atoms. The topological polar surface area (TPSA) is 88.6 Å². The summed E-state index contributed by atoms with van der Waals surface area (Å²) in [6.07, 6.45) is 2.48. The summed E-state index contributed by atoms with van der Waals surface area (Å²) < 4.78 is 10.3. The third-order valence-electron chi connectivity index (χ3n) is 5.04. The van der Waals surface area contributed by atoms with E-state index in [-0.39, 0.29) is 18.2 Å². The van der Waals surface area contributed by atoms with Gasteiger partial charge < -0.3 is 19.2 Å². The number of anilines is 1. The van der Waals surface area contributed by atoms with Gasteiger partial charge in [0.05, 0.1) is 18.4 Å². The minimum absolute atomic E-state index is 0.122. The summed E-state index contributed by atoms with van der Waals surface area (Å²) in [5.41, 5.74) is 4.46. The molecule has 1 aliphatic rings. The Morgan fingerprint density at radius 3 is 2.79 bits per heavy atom. The molecule has 0 radical (unpaired) electrons. The Bertz CT molecular complexity index is 1000. The van der Waals surface area contributed by atoms with E-state index < -0.39 is 0 Å². The predicted molar refractivity (Wildman–Crippen MR) is 102 cm³/mol. The summed E-state index contributed by atoms with van der Waals surface area (Å²) in [7, 11) is 0. The van der Waals surface area contributed by atoms with Gasteiger partial charge in [-0.2, -0.15) is 0 Å². The molecule has 7 heteroatoms. The summed E-state index contributed by atoms with van der Waals surface area (Å²) in [4.78, 5) is 26.7. The van der Waals surface area contributed by atoms with Crippen molar-refractivity contribution >= 4 is 17.5 Å². The Morgan fingerprint density at radius 2 is 2.07 bits per heavy atom. The number of rotatable bonds is 4. The van der Waals surface area contributed by atoms with E-state index in [2.05, 4.69) is 10.5 Å². The average molecular weight is 379 g/mol. The van der Waals surface area contributed by atoms with Crippen LogP contribution in [0.15, 0.2) is 45.5 Å². The molecule has 0 spiro atoms. The molecule has 2 aromatic heterocycles. The van der Waals surface area contributed by atoms with Crippen molar-refractivity contribution in [3.8, 4) is 0 Å². The molecule has 0 saturated heterocycles. The van der Waals surface area contributed by atoms with E-state index in [1.165, 1.54) is 11.8 Å². The Hall–Kier alpha value is -3.35. The molecule has 3 aromatic rings. The van der Waals surface area contributed by atoms with Crippen molar-refractivity contribution < 1.29 is 18.5 Å². The molecular weight excluding hydrogens is 358 g/mol. The van der Waals surface area contributed by atoms with Crippen molar-refractivity contribution in [2.45, 2.75) is 33.2 Å². The maximum absolute atomic E-state index is 12.5. The standard InChI is InChI=1S/C21H21N3O4/c1-13-18(14(2)28-23-13)11-20(25)22-17-6-5-15-7-8-24(12-16(15)10-17)21(26)19-4-3-9-27-19/h3-6,9-10H,7-8,11-12H2,1-2H3,(H,22,25). The molecule has 1 aliphatic heterocycles. The molecule has 7 nitrogen and oxygen atoms in total. The van der Waals surface area contributed by atoms with Crippen LogP contribution in [0.2, 0.25) is 0 Å². The number of carbonyl (C=O) groups is 2. The normalized spacial score (nSPS) is 13.3. The van der Waals surface area contributed by atoms with Gasteiger partial charge in [0.1, 0.15) is 5.76 Å². The third kappa shape index (κ3) is 3.55. The molecule has 0 bridgehead atoms. The number of nitrogens with zero attached hydrogens (tertiary/aromatic N) is 2. The lowest BCUT2D eigenvalue weighted by molar-refractivity contribution is -0.115. The largest absolute Gasteiger partial charge is 0.459 e. The molecule has 0 unspecified atom stereocenters. The maximum Gasteiger partial charge on any atom is 0.289 e. The Kier molecular flexibility index (Phi) is 4.73. The average Bonchev–Trinajstić information content (AvgIpc) is 3.33. The fourth-order valence-electron chi connectivity index (χ4n) is 3.48. The van der Waals surface area contributed by atoms with E-state index in [4.69, 9.17) is 8.94 Å². The number of aryl methyl sites for hydroxylation is 2. The summed E-state index contributed by atoms with van der Waals surface area (Å²) in [6, 6.07) is 9.21. The fourth-order valence-corrected chi connectivity index (χ4v) is 3.48. The van der Waals surface area contributed by atoms with Gasteiger partial charge in [-0.25, -0.2) is 0 Å². The van der Waals surface area contributed by atoms with Crippen molar-refractivity contribution in [1.29, 1.82) is 0 Å². The first-order valence-corrected chi connectivity index (χ1v) is 9.17. The lowest BCUT2D eigenvalue weighted by Crippen LogP contribution is -2.35. The second-order valence-corrected chi connectivity index (χ2v) is 6.97. The van der Waals surface area contributed by atoms with E-state index in [1.807, 2.05) is 25.1 Å². The summed E-state index contributed by atoms with van der Waals surface area (Å²) >= 11 is 0. The highest BCUT2D eigenvalue weighted by molar-refractivity contribution is 5.93. The zero-order valence-corrected chi connectivity index (χ0v) is 15.8. The molecule has 2 amide bonds. The number of carbonyl (C=O) groups excluding carboxylic acids is 2. The SMILES string of the molecule is Cc1noc(C)c1CC(=O)Nc1ccc2c(c1)CN(C(=O)c1ccco1)CC2. The van der Waals surface area contributed by atoms with Gasteiger partial charge in [0.2, 0.25) is 5.91 Å². The summed E-state index contributed by atoms with van der Waals surface area (Å²) in [5, 5.41) is 6.81. The molecule has 0 saturated carbocycles. The Morgan fingerprint density at radius 1 is 1.21 bits per heavy atom. The van der Waals surface area contributed by atoms with Crippen molar-refractivity contribution in [2.75, 3.05) is 11.9 Å². The van der Waals surface area contributed by atoms with Crippen LogP contribution in [0.5, 0.6) is 0 Å². The number of hydrogen-bond donors (Lipinski definition) is 1. The van der Waals surface area contributed by atoms with E-state index in [9.17, 15) is 9.59 Å². The number of fused-ring (bicyclic) bond motifs is 1. The second kappa shape index (κ2) is 7.34. The smallest absolute Gasteiger partial charge is 0.289 e. The van der Waals surface area contributed by atoms with E-state index in [1.54, 1.807) is 24.0 Å². The summed E-state index contributed by atoms with van der Waals surface area (Å²) in [5.74, 6) is 0.745. The van der Waals surface area contributed by atoms with Crippen molar-refractivity contribution in [3.05, 3.63) is 70.5 Å². The number of furan rings is 1. The van der Waals surface area contributed by atoms with Crippen LogP contribution in [0.25, 0.3) is 0 Å². The van der Waals surface area contributed by atoms with Crippen LogP contribution < -0.4 is 5.32 Å². The first-order valence-electron chi connectivity index (χ1n) is 9.17. The maximum atomic E-state index is 12.5. The van der Waals surface area contributed by atoms with Crippen LogP contribution in [0.4, 0.5) is 5.69 Å². The van der Waals surface area contributed by atoms with Gasteiger partial charge in [0.15, 0.2) is 5.76 Å².